The zero-order chi connectivity index (χ0) is 13.8. The van der Waals surface area contributed by atoms with Crippen molar-refractivity contribution in [1.82, 2.24) is 0 Å². The maximum absolute atomic E-state index is 11.3. The van der Waals surface area contributed by atoms with Crippen molar-refractivity contribution < 1.29 is 17.9 Å². The molecule has 0 radical (unpaired) electrons. The number of rotatable bonds is 6. The summed E-state index contributed by atoms with van der Waals surface area (Å²) in [5, 5.41) is -0.902. The molecule has 0 aliphatic heterocycles. The summed E-state index contributed by atoms with van der Waals surface area (Å²) < 4.78 is 33.1. The maximum atomic E-state index is 11.3. The molecule has 0 aromatic heterocycles. The topological polar surface area (TPSA) is 78.6 Å². The Hall–Kier alpha value is -1.27. The molecule has 0 heterocycles. The summed E-state index contributed by atoms with van der Waals surface area (Å²) in [6.45, 7) is 2.38. The second-order valence-electron chi connectivity index (χ2n) is 3.99. The minimum atomic E-state index is -3.24. The number of nitrogens with two attached hydrogens (primary N) is 1. The Morgan fingerprint density at radius 2 is 2.00 bits per heavy atom. The van der Waals surface area contributed by atoms with Crippen molar-refractivity contribution in [2.45, 2.75) is 18.7 Å². The van der Waals surface area contributed by atoms with Crippen LogP contribution in [-0.2, 0) is 16.3 Å². The van der Waals surface area contributed by atoms with Crippen LogP contribution in [0.1, 0.15) is 12.5 Å². The van der Waals surface area contributed by atoms with Crippen molar-refractivity contribution in [3.8, 4) is 11.5 Å². The van der Waals surface area contributed by atoms with Crippen molar-refractivity contribution in [3.05, 3.63) is 23.8 Å². The van der Waals surface area contributed by atoms with Gasteiger partial charge in [-0.25, -0.2) is 8.42 Å². The van der Waals surface area contributed by atoms with Crippen LogP contribution < -0.4 is 15.2 Å². The highest BCUT2D eigenvalue weighted by Gasteiger charge is 2.16. The number of benzene rings is 1. The third-order valence-electron chi connectivity index (χ3n) is 2.51. The van der Waals surface area contributed by atoms with Crippen molar-refractivity contribution in [2.24, 2.45) is 5.73 Å². The van der Waals surface area contributed by atoms with Crippen LogP contribution >= 0.6 is 0 Å². The molecular weight excluding hydrogens is 256 g/mol. The van der Waals surface area contributed by atoms with Crippen LogP contribution in [0.2, 0.25) is 0 Å². The van der Waals surface area contributed by atoms with Crippen LogP contribution in [0.5, 0.6) is 11.5 Å². The Labute approximate surface area is 108 Å². The highest BCUT2D eigenvalue weighted by molar-refractivity contribution is 7.91. The van der Waals surface area contributed by atoms with E-state index in [9.17, 15) is 8.42 Å². The molecule has 0 amide bonds. The average molecular weight is 275 g/mol. The van der Waals surface area contributed by atoms with Gasteiger partial charge in [0.1, 0.15) is 5.37 Å². The molecule has 0 bridgehead atoms. The highest BCUT2D eigenvalue weighted by Crippen LogP contribution is 2.28. The largest absolute Gasteiger partial charge is 0.493 e. The predicted molar refractivity (Wildman–Crippen MR) is 70.7 cm³/mol. The minimum absolute atomic E-state index is 0.253. The zero-order valence-electron chi connectivity index (χ0n) is 10.8. The van der Waals surface area contributed by atoms with Gasteiger partial charge in [-0.15, -0.1) is 0 Å². The molecule has 1 aromatic rings. The first-order chi connectivity index (χ1) is 8.38. The summed E-state index contributed by atoms with van der Waals surface area (Å²) in [6.07, 6.45) is 1.38. The standard InChI is InChI=1S/C12H19NO4S/c1-4-17-11-7-9(5-6-10(11)16-2)8-12(13)18(3,14)15/h5-7,12H,4,8,13H2,1-3H3/i3+1,8+1. The van der Waals surface area contributed by atoms with Crippen LogP contribution in [0.15, 0.2) is 18.2 Å². The smallest absolute Gasteiger partial charge is 0.163 e. The van der Waals surface area contributed by atoms with E-state index in [-0.39, 0.29) is 6.42 Å². The van der Waals surface area contributed by atoms with Gasteiger partial charge in [-0.1, -0.05) is 6.07 Å². The predicted octanol–water partition coefficient (Wildman–Crippen LogP) is 0.966. The molecule has 1 unspecified atom stereocenters. The lowest BCUT2D eigenvalue weighted by Crippen LogP contribution is -2.31. The van der Waals surface area contributed by atoms with Gasteiger partial charge in [0.25, 0.3) is 0 Å². The Bertz CT molecular complexity index is 499. The van der Waals surface area contributed by atoms with E-state index in [1.165, 1.54) is 0 Å². The van der Waals surface area contributed by atoms with Crippen LogP contribution in [-0.4, -0.2) is 33.8 Å². The van der Waals surface area contributed by atoms with Crippen molar-refractivity contribution >= 4 is 9.84 Å². The van der Waals surface area contributed by atoms with E-state index in [4.69, 9.17) is 15.2 Å². The fourth-order valence-corrected chi connectivity index (χ4v) is 2.00. The van der Waals surface area contributed by atoms with Gasteiger partial charge in [-0.05, 0) is 24.6 Å². The van der Waals surface area contributed by atoms with E-state index in [0.29, 0.717) is 18.1 Å². The van der Waals surface area contributed by atoms with Gasteiger partial charge >= 0.3 is 0 Å². The lowest BCUT2D eigenvalue weighted by Gasteiger charge is -2.13. The molecule has 0 aliphatic rings. The third-order valence-corrected chi connectivity index (χ3v) is 3.78. The Kier molecular flexibility index (Phi) is 4.98. The first-order valence-electron chi connectivity index (χ1n) is 5.62. The highest BCUT2D eigenvalue weighted by atomic mass is 32.2. The summed E-state index contributed by atoms with van der Waals surface area (Å²) in [5.74, 6) is 1.21. The second-order valence-corrected chi connectivity index (χ2v) is 6.25. The molecule has 1 aromatic carbocycles. The van der Waals surface area contributed by atoms with Crippen molar-refractivity contribution in [1.29, 1.82) is 0 Å². The van der Waals surface area contributed by atoms with Crippen LogP contribution in [0, 0.1) is 0 Å². The first-order valence-corrected chi connectivity index (χ1v) is 7.58. The molecule has 1 rings (SSSR count). The van der Waals surface area contributed by atoms with E-state index in [1.54, 1.807) is 25.3 Å². The molecule has 1 atom stereocenters. The van der Waals surface area contributed by atoms with E-state index in [0.717, 1.165) is 11.8 Å². The summed E-state index contributed by atoms with van der Waals surface area (Å²) in [5.41, 5.74) is 6.42. The summed E-state index contributed by atoms with van der Waals surface area (Å²) in [6, 6.07) is 5.29. The number of hydrogen-bond donors (Lipinski definition) is 1. The summed E-state index contributed by atoms with van der Waals surface area (Å²) >= 11 is 0. The molecule has 5 nitrogen and oxygen atoms in total. The number of hydrogen-bond acceptors (Lipinski definition) is 5. The van der Waals surface area contributed by atoms with Gasteiger partial charge < -0.3 is 15.2 Å². The Balaban J connectivity index is 2.94. The van der Waals surface area contributed by atoms with Gasteiger partial charge in [0.15, 0.2) is 21.3 Å². The summed E-state index contributed by atoms with van der Waals surface area (Å²) in [4.78, 5) is 0. The molecule has 18 heavy (non-hydrogen) atoms. The van der Waals surface area contributed by atoms with E-state index in [1.807, 2.05) is 6.92 Å². The van der Waals surface area contributed by atoms with Gasteiger partial charge in [-0.3, -0.25) is 0 Å². The SMILES string of the molecule is CCOc1cc([13CH2]C(N)S([13CH3])(=O)=O)ccc1OC. The minimum Gasteiger partial charge on any atom is -0.493 e. The molecule has 2 N–H and O–H groups in total. The van der Waals surface area contributed by atoms with E-state index >= 15 is 0 Å². The number of sulfone groups is 1. The van der Waals surface area contributed by atoms with E-state index < -0.39 is 15.2 Å². The molecule has 6 heteroatoms. The second kappa shape index (κ2) is 6.06. The Morgan fingerprint density at radius 3 is 2.50 bits per heavy atom. The monoisotopic (exact) mass is 275 g/mol. The fraction of sp³-hybridized carbons (Fsp3) is 0.500. The fourth-order valence-electron chi connectivity index (χ4n) is 1.50. The van der Waals surface area contributed by atoms with Gasteiger partial charge in [0, 0.05) is 12.7 Å². The molecule has 0 spiro atoms. The Morgan fingerprint density at radius 1 is 1.33 bits per heavy atom. The molecule has 102 valence electrons. The molecule has 0 fully saturated rings. The van der Waals surface area contributed by atoms with Gasteiger partial charge in [0.2, 0.25) is 0 Å². The zero-order valence-corrected chi connectivity index (χ0v) is 11.7. The van der Waals surface area contributed by atoms with Crippen molar-refractivity contribution in [2.75, 3.05) is 20.0 Å². The van der Waals surface area contributed by atoms with Crippen molar-refractivity contribution in [3.63, 3.8) is 0 Å². The molecule has 0 saturated heterocycles. The quantitative estimate of drug-likeness (QED) is 0.782. The third kappa shape index (κ3) is 3.89. The first kappa shape index (κ1) is 14.8. The lowest BCUT2D eigenvalue weighted by molar-refractivity contribution is 0.310. The van der Waals surface area contributed by atoms with Gasteiger partial charge in [0.05, 0.1) is 13.7 Å². The molecule has 0 saturated carbocycles. The van der Waals surface area contributed by atoms with Gasteiger partial charge in [-0.2, -0.15) is 0 Å². The normalized spacial score (nSPS) is 13.1. The van der Waals surface area contributed by atoms with Crippen LogP contribution in [0.4, 0.5) is 0 Å². The maximum Gasteiger partial charge on any atom is 0.163 e. The van der Waals surface area contributed by atoms with Crippen LogP contribution in [0.25, 0.3) is 0 Å². The number of ether oxygens (including phenoxy) is 2. The van der Waals surface area contributed by atoms with Crippen LogP contribution in [0.3, 0.4) is 0 Å². The molecular formula is C12H19NO4S. The molecule has 0 aliphatic carbocycles. The summed E-state index contributed by atoms with van der Waals surface area (Å²) in [7, 11) is -1.68. The van der Waals surface area contributed by atoms with E-state index in [2.05, 4.69) is 0 Å². The number of methoxy groups -OCH3 is 1. The average Bonchev–Trinajstić information content (AvgIpc) is 2.28. The lowest BCUT2D eigenvalue weighted by atomic mass is 10.2.